The fourth-order valence-corrected chi connectivity index (χ4v) is 2.40. The van der Waals surface area contributed by atoms with Crippen molar-refractivity contribution in [3.8, 4) is 12.3 Å². The summed E-state index contributed by atoms with van der Waals surface area (Å²) in [4.78, 5) is 11.7. The van der Waals surface area contributed by atoms with Gasteiger partial charge in [-0.05, 0) is 38.9 Å². The van der Waals surface area contributed by atoms with Crippen LogP contribution in [-0.2, 0) is 14.0 Å². The summed E-state index contributed by atoms with van der Waals surface area (Å²) in [6.07, 6.45) is 3.68. The molecule has 0 aromatic carbocycles. The first-order valence-corrected chi connectivity index (χ1v) is 10.1. The average Bonchev–Trinajstić information content (AvgIpc) is 2.29. The summed E-state index contributed by atoms with van der Waals surface area (Å²) in [5.74, 6) is 2.09. The Balaban J connectivity index is 4.70. The second-order valence-electron chi connectivity index (χ2n) is 7.88. The molecule has 0 aliphatic heterocycles. The molecule has 0 aliphatic rings. The lowest BCUT2D eigenvalue weighted by Crippen LogP contribution is -2.47. The molecule has 1 N–H and O–H groups in total. The van der Waals surface area contributed by atoms with Crippen molar-refractivity contribution in [1.82, 2.24) is 0 Å². The van der Waals surface area contributed by atoms with E-state index in [0.717, 1.165) is 0 Å². The Bertz CT molecular complexity index is 396. The van der Waals surface area contributed by atoms with Crippen molar-refractivity contribution in [3.05, 3.63) is 0 Å². The summed E-state index contributed by atoms with van der Waals surface area (Å²) in [7, 11) is -2.09. The summed E-state index contributed by atoms with van der Waals surface area (Å²) in [6, 6.07) is 0. The van der Waals surface area contributed by atoms with Crippen LogP contribution in [0.25, 0.3) is 0 Å². The van der Waals surface area contributed by atoms with Gasteiger partial charge in [0, 0.05) is 0 Å². The lowest BCUT2D eigenvalue weighted by atomic mass is 9.97. The molecular weight excluding hydrogens is 284 g/mol. The van der Waals surface area contributed by atoms with E-state index in [4.69, 9.17) is 15.6 Å². The van der Waals surface area contributed by atoms with Crippen LogP contribution >= 0.6 is 0 Å². The standard InChI is InChI=1S/C16H30O4Si/c1-10-13(20-21(8,9)16(5,6)7)12(17)11-19-14(18)15(2,3)4/h1,12-13,17H,11H2,2-9H3/t12-,13+/m1/s1. The van der Waals surface area contributed by atoms with Crippen molar-refractivity contribution in [2.75, 3.05) is 6.61 Å². The minimum atomic E-state index is -2.09. The summed E-state index contributed by atoms with van der Waals surface area (Å²) in [5.41, 5.74) is -0.606. The fraction of sp³-hybridized carbons (Fsp3) is 0.812. The van der Waals surface area contributed by atoms with E-state index in [0.29, 0.717) is 0 Å². The van der Waals surface area contributed by atoms with Gasteiger partial charge in [-0.15, -0.1) is 6.42 Å². The lowest BCUT2D eigenvalue weighted by Gasteiger charge is -2.39. The zero-order chi connectivity index (χ0) is 17.1. The molecule has 0 heterocycles. The van der Waals surface area contributed by atoms with Gasteiger partial charge in [0.15, 0.2) is 8.32 Å². The van der Waals surface area contributed by atoms with Crippen LogP contribution in [0.3, 0.4) is 0 Å². The molecule has 0 saturated carbocycles. The Morgan fingerprint density at radius 2 is 1.71 bits per heavy atom. The summed E-state index contributed by atoms with van der Waals surface area (Å²) in [5, 5.41) is 10.1. The van der Waals surface area contributed by atoms with Gasteiger partial charge in [-0.1, -0.05) is 26.7 Å². The number of aliphatic hydroxyl groups excluding tert-OH is 1. The third-order valence-corrected chi connectivity index (χ3v) is 8.19. The second-order valence-corrected chi connectivity index (χ2v) is 12.6. The van der Waals surface area contributed by atoms with E-state index in [9.17, 15) is 9.90 Å². The second kappa shape index (κ2) is 6.95. The van der Waals surface area contributed by atoms with Gasteiger partial charge < -0.3 is 14.3 Å². The smallest absolute Gasteiger partial charge is 0.311 e. The summed E-state index contributed by atoms with van der Waals surface area (Å²) < 4.78 is 11.1. The zero-order valence-electron chi connectivity index (χ0n) is 14.6. The van der Waals surface area contributed by atoms with E-state index in [1.165, 1.54) is 0 Å². The van der Waals surface area contributed by atoms with Crippen LogP contribution in [0.15, 0.2) is 0 Å². The van der Waals surface area contributed by atoms with Crippen LogP contribution in [0.1, 0.15) is 41.5 Å². The molecule has 0 spiro atoms. The molecule has 0 rings (SSSR count). The number of carbonyl (C=O) groups excluding carboxylic acids is 1. The lowest BCUT2D eigenvalue weighted by molar-refractivity contribution is -0.157. The molecule has 5 heteroatoms. The third-order valence-electron chi connectivity index (χ3n) is 3.74. The molecule has 122 valence electrons. The quantitative estimate of drug-likeness (QED) is 0.481. The predicted octanol–water partition coefficient (Wildman–Crippen LogP) is 2.96. The number of hydrogen-bond acceptors (Lipinski definition) is 4. The molecule has 0 fully saturated rings. The average molecular weight is 314 g/mol. The van der Waals surface area contributed by atoms with Gasteiger partial charge in [0.1, 0.15) is 18.8 Å². The first-order chi connectivity index (χ1) is 9.22. The van der Waals surface area contributed by atoms with Crippen LogP contribution in [0.2, 0.25) is 18.1 Å². The molecule has 0 amide bonds. The van der Waals surface area contributed by atoms with Crippen molar-refractivity contribution in [2.45, 2.75) is 71.9 Å². The molecule has 0 saturated heterocycles. The van der Waals surface area contributed by atoms with E-state index in [1.54, 1.807) is 20.8 Å². The van der Waals surface area contributed by atoms with E-state index < -0.39 is 25.9 Å². The monoisotopic (exact) mass is 314 g/mol. The van der Waals surface area contributed by atoms with Crippen LogP contribution in [0, 0.1) is 17.8 Å². The molecule has 0 unspecified atom stereocenters. The molecule has 2 atom stereocenters. The molecule has 0 aromatic heterocycles. The van der Waals surface area contributed by atoms with E-state index in [1.807, 2.05) is 0 Å². The normalized spacial score (nSPS) is 16.0. The highest BCUT2D eigenvalue weighted by atomic mass is 28.4. The van der Waals surface area contributed by atoms with Gasteiger partial charge >= 0.3 is 5.97 Å². The van der Waals surface area contributed by atoms with Gasteiger partial charge in [0.2, 0.25) is 0 Å². The summed E-state index contributed by atoms with van der Waals surface area (Å²) >= 11 is 0. The highest BCUT2D eigenvalue weighted by Crippen LogP contribution is 2.37. The maximum Gasteiger partial charge on any atom is 0.311 e. The number of ether oxygens (including phenoxy) is 1. The van der Waals surface area contributed by atoms with Gasteiger partial charge in [0.25, 0.3) is 0 Å². The zero-order valence-corrected chi connectivity index (χ0v) is 15.6. The topological polar surface area (TPSA) is 55.8 Å². The fourth-order valence-electron chi connectivity index (χ4n) is 1.18. The number of hydrogen-bond donors (Lipinski definition) is 1. The minimum Gasteiger partial charge on any atom is -0.462 e. The Morgan fingerprint density at radius 3 is 2.05 bits per heavy atom. The molecule has 0 bridgehead atoms. The van der Waals surface area contributed by atoms with Crippen molar-refractivity contribution in [3.63, 3.8) is 0 Å². The maximum atomic E-state index is 11.7. The number of terminal acetylenes is 1. The largest absolute Gasteiger partial charge is 0.462 e. The van der Waals surface area contributed by atoms with Gasteiger partial charge in [-0.2, -0.15) is 0 Å². The van der Waals surface area contributed by atoms with Gasteiger partial charge in [0.05, 0.1) is 5.41 Å². The van der Waals surface area contributed by atoms with Crippen LogP contribution < -0.4 is 0 Å². The van der Waals surface area contributed by atoms with E-state index >= 15 is 0 Å². The molecule has 0 aliphatic carbocycles. The molecule has 0 radical (unpaired) electrons. The predicted molar refractivity (Wildman–Crippen MR) is 87.3 cm³/mol. The molecule has 4 nitrogen and oxygen atoms in total. The number of esters is 1. The van der Waals surface area contributed by atoms with E-state index in [-0.39, 0.29) is 17.6 Å². The Hall–Kier alpha value is -0.833. The number of aliphatic hydroxyl groups is 1. The van der Waals surface area contributed by atoms with Crippen molar-refractivity contribution >= 4 is 14.3 Å². The minimum absolute atomic E-state index is 0.0100. The number of rotatable bonds is 5. The summed E-state index contributed by atoms with van der Waals surface area (Å²) in [6.45, 7) is 15.5. The first-order valence-electron chi connectivity index (χ1n) is 7.21. The Morgan fingerprint density at radius 1 is 1.24 bits per heavy atom. The third kappa shape index (κ3) is 6.21. The van der Waals surface area contributed by atoms with Crippen molar-refractivity contribution in [1.29, 1.82) is 0 Å². The molecule has 0 aromatic rings. The van der Waals surface area contributed by atoms with Gasteiger partial charge in [-0.3, -0.25) is 4.79 Å². The Labute approximate surface area is 130 Å². The van der Waals surface area contributed by atoms with Crippen LogP contribution in [0.4, 0.5) is 0 Å². The van der Waals surface area contributed by atoms with E-state index in [2.05, 4.69) is 39.8 Å². The maximum absolute atomic E-state index is 11.7. The van der Waals surface area contributed by atoms with Crippen LogP contribution in [-0.4, -0.2) is 38.2 Å². The van der Waals surface area contributed by atoms with Gasteiger partial charge in [-0.25, -0.2) is 0 Å². The van der Waals surface area contributed by atoms with Crippen molar-refractivity contribution < 1.29 is 19.1 Å². The van der Waals surface area contributed by atoms with Crippen LogP contribution in [0.5, 0.6) is 0 Å². The Kier molecular flexibility index (Phi) is 6.68. The highest BCUT2D eigenvalue weighted by Gasteiger charge is 2.40. The SMILES string of the molecule is C#C[C@H](O[Si](C)(C)C(C)(C)C)[C@H](O)COC(=O)C(C)(C)C. The molecule has 21 heavy (non-hydrogen) atoms. The first kappa shape index (κ1) is 20.2. The molecular formula is C16H30O4Si. The highest BCUT2D eigenvalue weighted by molar-refractivity contribution is 6.74. The van der Waals surface area contributed by atoms with Crippen molar-refractivity contribution in [2.24, 2.45) is 5.41 Å². The number of carbonyl (C=O) groups is 1.